The number of thiophene rings is 1. The Morgan fingerprint density at radius 2 is 1.82 bits per heavy atom. The second kappa shape index (κ2) is 14.4. The van der Waals surface area contributed by atoms with Crippen molar-refractivity contribution in [3.05, 3.63) is 52.3 Å². The fourth-order valence-electron chi connectivity index (χ4n) is 7.44. The van der Waals surface area contributed by atoms with E-state index in [9.17, 15) is 23.0 Å². The summed E-state index contributed by atoms with van der Waals surface area (Å²) < 4.78 is 56.0. The van der Waals surface area contributed by atoms with Crippen molar-refractivity contribution in [1.29, 1.82) is 5.26 Å². The number of hydrogen-bond acceptors (Lipinski definition) is 9. The SMILES string of the molecule is Cc1c(CN2CCC(Nc3ncnc4sc(CC(F)(F)F)cc34)CC2)ccc2c1cc(C#N)n2CC(C)N1CCN([S+]([O-])C2CCC2)CC1. The van der Waals surface area contributed by atoms with Crippen molar-refractivity contribution in [2.24, 2.45) is 0 Å². The molecule has 4 aromatic rings. The molecule has 3 fully saturated rings. The molecule has 0 spiro atoms. The van der Waals surface area contributed by atoms with Crippen LogP contribution in [0.1, 0.15) is 60.7 Å². The number of halogens is 3. The fourth-order valence-corrected chi connectivity index (χ4v) is 10.2. The fraction of sp³-hybridized carbons (Fsp3) is 0.571. The van der Waals surface area contributed by atoms with Gasteiger partial charge in [0.2, 0.25) is 0 Å². The predicted octanol–water partition coefficient (Wildman–Crippen LogP) is 6.23. The molecule has 9 nitrogen and oxygen atoms in total. The molecule has 7 rings (SSSR count). The van der Waals surface area contributed by atoms with Gasteiger partial charge in [0.1, 0.15) is 34.0 Å². The number of aromatic nitrogens is 3. The van der Waals surface area contributed by atoms with Gasteiger partial charge < -0.3 is 14.4 Å². The Morgan fingerprint density at radius 3 is 2.49 bits per heavy atom. The first-order valence-corrected chi connectivity index (χ1v) is 19.3. The second-order valence-electron chi connectivity index (χ2n) is 13.8. The quantitative estimate of drug-likeness (QED) is 0.193. The van der Waals surface area contributed by atoms with Crippen molar-refractivity contribution in [3.8, 4) is 6.07 Å². The third-order valence-corrected chi connectivity index (χ3v) is 13.6. The van der Waals surface area contributed by atoms with Crippen molar-refractivity contribution < 1.29 is 17.7 Å². The van der Waals surface area contributed by atoms with Crippen LogP contribution in [0.25, 0.3) is 21.1 Å². The van der Waals surface area contributed by atoms with Gasteiger partial charge in [-0.25, -0.2) is 9.97 Å². The molecular formula is C35H43F3N8OS2. The Labute approximate surface area is 292 Å². The molecule has 1 aliphatic carbocycles. The normalized spacial score (nSPS) is 20.4. The molecule has 0 radical (unpaired) electrons. The maximum Gasteiger partial charge on any atom is 0.393 e. The van der Waals surface area contributed by atoms with Crippen LogP contribution in [0.3, 0.4) is 0 Å². The smallest absolute Gasteiger partial charge is 0.393 e. The molecular weight excluding hydrogens is 670 g/mol. The van der Waals surface area contributed by atoms with Crippen molar-refractivity contribution in [1.82, 2.24) is 28.6 Å². The van der Waals surface area contributed by atoms with Crippen LogP contribution < -0.4 is 5.32 Å². The number of alkyl halides is 3. The average Bonchev–Trinajstić information content (AvgIpc) is 3.63. The summed E-state index contributed by atoms with van der Waals surface area (Å²) in [4.78, 5) is 14.3. The molecule has 2 unspecified atom stereocenters. The molecule has 14 heteroatoms. The van der Waals surface area contributed by atoms with Crippen molar-refractivity contribution in [2.45, 2.75) is 89.0 Å². The van der Waals surface area contributed by atoms with Gasteiger partial charge in [-0.2, -0.15) is 18.4 Å². The first kappa shape index (κ1) is 34.5. The molecule has 5 heterocycles. The van der Waals surface area contributed by atoms with Gasteiger partial charge >= 0.3 is 6.18 Å². The number of nitrogens with one attached hydrogen (secondary N) is 1. The van der Waals surface area contributed by atoms with Gasteiger partial charge in [0.15, 0.2) is 0 Å². The van der Waals surface area contributed by atoms with Crippen molar-refractivity contribution in [3.63, 3.8) is 0 Å². The molecule has 3 aromatic heterocycles. The van der Waals surface area contributed by atoms with Gasteiger partial charge in [0, 0.05) is 78.5 Å². The number of likely N-dealkylation sites (tertiary alicyclic amines) is 1. The van der Waals surface area contributed by atoms with E-state index >= 15 is 0 Å². The van der Waals surface area contributed by atoms with Gasteiger partial charge in [0.25, 0.3) is 0 Å². The molecule has 1 saturated carbocycles. The zero-order chi connectivity index (χ0) is 34.3. The zero-order valence-corrected chi connectivity index (χ0v) is 29.6. The number of anilines is 1. The molecule has 2 aliphatic heterocycles. The minimum absolute atomic E-state index is 0.172. The zero-order valence-electron chi connectivity index (χ0n) is 28.0. The molecule has 3 aliphatic rings. The summed E-state index contributed by atoms with van der Waals surface area (Å²) in [5, 5.41) is 15.7. The number of hydrogen-bond donors (Lipinski definition) is 1. The molecule has 0 bridgehead atoms. The highest BCUT2D eigenvalue weighted by atomic mass is 32.2. The van der Waals surface area contributed by atoms with Crippen LogP contribution in [0.5, 0.6) is 0 Å². The summed E-state index contributed by atoms with van der Waals surface area (Å²) in [6, 6.07) is 10.8. The minimum Gasteiger partial charge on any atom is -0.598 e. The Morgan fingerprint density at radius 1 is 1.06 bits per heavy atom. The molecule has 262 valence electrons. The lowest BCUT2D eigenvalue weighted by molar-refractivity contribution is -0.126. The van der Waals surface area contributed by atoms with Gasteiger partial charge in [0.05, 0.1) is 24.9 Å². The van der Waals surface area contributed by atoms with Crippen LogP contribution in [0, 0.1) is 18.3 Å². The van der Waals surface area contributed by atoms with E-state index in [4.69, 9.17) is 0 Å². The van der Waals surface area contributed by atoms with Gasteiger partial charge in [-0.05, 0) is 75.3 Å². The maximum absolute atomic E-state index is 13.0. The van der Waals surface area contributed by atoms with E-state index in [1.165, 1.54) is 23.9 Å². The lowest BCUT2D eigenvalue weighted by Crippen LogP contribution is -2.54. The van der Waals surface area contributed by atoms with Gasteiger partial charge in [-0.1, -0.05) is 6.07 Å². The van der Waals surface area contributed by atoms with Crippen molar-refractivity contribution in [2.75, 3.05) is 44.6 Å². The summed E-state index contributed by atoms with van der Waals surface area (Å²) in [5.74, 6) is 0.601. The number of piperazine rings is 1. The maximum atomic E-state index is 13.0. The Kier molecular flexibility index (Phi) is 10.1. The van der Waals surface area contributed by atoms with Crippen LogP contribution >= 0.6 is 11.3 Å². The van der Waals surface area contributed by atoms with E-state index in [2.05, 4.69) is 66.0 Å². The number of rotatable bonds is 10. The van der Waals surface area contributed by atoms with Crippen LogP contribution in [0.2, 0.25) is 0 Å². The summed E-state index contributed by atoms with van der Waals surface area (Å²) in [7, 11) is 0. The standard InChI is InChI=1S/C35H43F3N8OS2/c1-23(44-12-14-45(15-13-44)49(47)29-4-3-5-29)20-46-27(19-39)16-30-24(2)25(6-7-32(30)46)21-43-10-8-26(9-11-43)42-33-31-17-28(18-35(36,37)38)48-34(31)41-22-40-33/h6-7,16-17,22-23,26,29H,3-5,8-15,18,20-21H2,1-2H3,(H,40,41,42). The Hall–Kier alpha value is -2.93. The van der Waals surface area contributed by atoms with E-state index in [1.807, 2.05) is 6.07 Å². The second-order valence-corrected chi connectivity index (χ2v) is 16.7. The first-order valence-electron chi connectivity index (χ1n) is 17.3. The number of piperidine rings is 1. The topological polar surface area (TPSA) is 99.3 Å². The van der Waals surface area contributed by atoms with E-state index in [-0.39, 0.29) is 17.0 Å². The predicted molar refractivity (Wildman–Crippen MR) is 189 cm³/mol. The monoisotopic (exact) mass is 712 g/mol. The summed E-state index contributed by atoms with van der Waals surface area (Å²) in [6.45, 7) is 11.1. The highest BCUT2D eigenvalue weighted by Gasteiger charge is 2.37. The lowest BCUT2D eigenvalue weighted by Gasteiger charge is -2.40. The number of fused-ring (bicyclic) bond motifs is 2. The largest absolute Gasteiger partial charge is 0.598 e. The Bertz CT molecular complexity index is 1820. The molecule has 1 aromatic carbocycles. The Balaban J connectivity index is 0.960. The average molecular weight is 713 g/mol. The molecule has 1 N–H and O–H groups in total. The summed E-state index contributed by atoms with van der Waals surface area (Å²) in [5.41, 5.74) is 4.20. The van der Waals surface area contributed by atoms with Crippen LogP contribution in [0.4, 0.5) is 19.0 Å². The number of nitrogens with zero attached hydrogens (tertiary/aromatic N) is 7. The number of nitriles is 1. The third kappa shape index (κ3) is 7.57. The van der Waals surface area contributed by atoms with Gasteiger partial charge in [-0.15, -0.1) is 15.6 Å². The number of aryl methyl sites for hydroxylation is 1. The molecule has 2 saturated heterocycles. The van der Waals surface area contributed by atoms with Crippen LogP contribution in [0.15, 0.2) is 30.6 Å². The molecule has 2 atom stereocenters. The van der Waals surface area contributed by atoms with E-state index < -0.39 is 24.0 Å². The molecule has 0 amide bonds. The van der Waals surface area contributed by atoms with E-state index in [0.29, 0.717) is 27.0 Å². The number of benzene rings is 1. The third-order valence-electron chi connectivity index (χ3n) is 10.6. The van der Waals surface area contributed by atoms with Crippen molar-refractivity contribution >= 4 is 49.6 Å². The lowest BCUT2D eigenvalue weighted by atomic mass is 10.0. The minimum atomic E-state index is -4.26. The highest BCUT2D eigenvalue weighted by molar-refractivity contribution is 7.89. The summed E-state index contributed by atoms with van der Waals surface area (Å²) >= 11 is 0.214. The highest BCUT2D eigenvalue weighted by Crippen LogP contribution is 2.34. The van der Waals surface area contributed by atoms with E-state index in [0.717, 1.165) is 100 Å². The van der Waals surface area contributed by atoms with Crippen LogP contribution in [-0.2, 0) is 30.9 Å². The first-order chi connectivity index (χ1) is 23.6. The van der Waals surface area contributed by atoms with E-state index in [1.54, 1.807) is 6.07 Å². The van der Waals surface area contributed by atoms with Crippen LogP contribution in [-0.4, -0.2) is 96.0 Å². The molecule has 49 heavy (non-hydrogen) atoms. The summed E-state index contributed by atoms with van der Waals surface area (Å²) in [6.07, 6.45) is 1.36. The van der Waals surface area contributed by atoms with Gasteiger partial charge in [-0.3, -0.25) is 9.80 Å².